The molecule has 0 aromatic carbocycles. The maximum Gasteiger partial charge on any atom is 0.491 e. The number of fused-ring (bicyclic) bond motifs is 1. The van der Waals surface area contributed by atoms with E-state index < -0.39 is 41.5 Å². The molecule has 9 heteroatoms. The lowest BCUT2D eigenvalue weighted by molar-refractivity contribution is -0.203. The minimum Gasteiger partial charge on any atom is -0.385 e. The van der Waals surface area contributed by atoms with Crippen LogP contribution in [0.25, 0.3) is 0 Å². The molecule has 1 aliphatic heterocycles. The summed E-state index contributed by atoms with van der Waals surface area (Å²) in [6.07, 6.45) is -5.27. The number of hydrogen-bond donors (Lipinski definition) is 1. The van der Waals surface area contributed by atoms with Crippen LogP contribution in [-0.2, 0) is 19.1 Å². The highest BCUT2D eigenvalue weighted by molar-refractivity contribution is 5.95. The van der Waals surface area contributed by atoms with Crippen LogP contribution >= 0.6 is 0 Å². The van der Waals surface area contributed by atoms with Gasteiger partial charge in [-0.2, -0.15) is 13.2 Å². The largest absolute Gasteiger partial charge is 0.491 e. The molecule has 0 bridgehead atoms. The fraction of sp³-hybridized carbons (Fsp3) is 0.812. The molecule has 6 nitrogen and oxygen atoms in total. The van der Waals surface area contributed by atoms with Gasteiger partial charge in [0.1, 0.15) is 6.04 Å². The number of rotatable bonds is 2. The first kappa shape index (κ1) is 19.7. The number of nitrogens with two attached hydrogens (primary N) is 1. The lowest BCUT2D eigenvalue weighted by Gasteiger charge is -2.35. The molecule has 2 rings (SSSR count). The normalized spacial score (nSPS) is 29.0. The van der Waals surface area contributed by atoms with Crippen molar-refractivity contribution in [2.75, 3.05) is 6.54 Å². The number of piperidine rings is 1. The molecular weight excluding hydrogens is 341 g/mol. The number of likely N-dealkylation sites (tertiary alicyclic amines) is 1. The van der Waals surface area contributed by atoms with Gasteiger partial charge in [-0.25, -0.2) is 9.59 Å². The fourth-order valence-electron chi connectivity index (χ4n) is 3.54. The molecule has 2 N–H and O–H groups in total. The number of nitrogens with zero attached hydrogens (tertiary/aromatic N) is 1. The Morgan fingerprint density at radius 3 is 2.16 bits per heavy atom. The molecule has 0 unspecified atom stereocenters. The van der Waals surface area contributed by atoms with Crippen molar-refractivity contribution in [3.63, 3.8) is 0 Å². The molecule has 1 amide bonds. The van der Waals surface area contributed by atoms with Crippen LogP contribution in [0.1, 0.15) is 34.6 Å². The standard InChI is InChI=1S/C16H23F3N2O4/c1-14(2,3)10(20)11(22)21-6-7-8(15(7,4)5)9(21)12(23)25-13(24)16(17,18)19/h7-10H,6,20H2,1-5H3/t7-,8-,9-,10+/m0/s1. The second kappa shape index (κ2) is 5.69. The Kier molecular flexibility index (Phi) is 4.48. The predicted octanol–water partition coefficient (Wildman–Crippen LogP) is 1.47. The van der Waals surface area contributed by atoms with Crippen LogP contribution in [0.5, 0.6) is 0 Å². The summed E-state index contributed by atoms with van der Waals surface area (Å²) in [5.41, 5.74) is 5.04. The second-order valence-corrected chi connectivity index (χ2v) is 8.44. The van der Waals surface area contributed by atoms with E-state index in [1.54, 1.807) is 20.8 Å². The minimum absolute atomic E-state index is 0.0397. The summed E-state index contributed by atoms with van der Waals surface area (Å²) in [6, 6.07) is -2.16. The summed E-state index contributed by atoms with van der Waals surface area (Å²) >= 11 is 0. The second-order valence-electron chi connectivity index (χ2n) is 8.44. The third kappa shape index (κ3) is 3.38. The molecule has 2 aliphatic rings. The van der Waals surface area contributed by atoms with Crippen molar-refractivity contribution in [1.29, 1.82) is 0 Å². The summed E-state index contributed by atoms with van der Waals surface area (Å²) in [5, 5.41) is 0. The van der Waals surface area contributed by atoms with Crippen LogP contribution < -0.4 is 5.73 Å². The SMILES string of the molecule is CC(C)(C)[C@H](N)C(=O)N1C[C@H]2[C@@H]([C@H]1C(=O)OC(=O)C(F)(F)F)C2(C)C. The zero-order chi connectivity index (χ0) is 19.5. The highest BCUT2D eigenvalue weighted by atomic mass is 19.4. The smallest absolute Gasteiger partial charge is 0.385 e. The van der Waals surface area contributed by atoms with Gasteiger partial charge in [-0.1, -0.05) is 34.6 Å². The molecule has 1 saturated carbocycles. The van der Waals surface area contributed by atoms with Crippen LogP contribution in [0.2, 0.25) is 0 Å². The Bertz CT molecular complexity index is 609. The van der Waals surface area contributed by atoms with E-state index in [-0.39, 0.29) is 23.8 Å². The van der Waals surface area contributed by atoms with E-state index in [2.05, 4.69) is 4.74 Å². The third-order valence-electron chi connectivity index (χ3n) is 5.36. The Hall–Kier alpha value is -1.64. The summed E-state index contributed by atoms with van der Waals surface area (Å²) in [7, 11) is 0. The number of halogens is 3. The summed E-state index contributed by atoms with van der Waals surface area (Å²) in [6.45, 7) is 9.17. The molecular formula is C16H23F3N2O4. The molecule has 1 aliphatic carbocycles. The molecule has 0 radical (unpaired) electrons. The van der Waals surface area contributed by atoms with Crippen molar-refractivity contribution >= 4 is 17.8 Å². The van der Waals surface area contributed by atoms with Gasteiger partial charge >= 0.3 is 18.1 Å². The van der Waals surface area contributed by atoms with Gasteiger partial charge in [-0.15, -0.1) is 0 Å². The average Bonchev–Trinajstić information content (AvgIpc) is 2.83. The minimum atomic E-state index is -5.27. The number of alkyl halides is 3. The van der Waals surface area contributed by atoms with Crippen molar-refractivity contribution in [1.82, 2.24) is 4.90 Å². The Morgan fingerprint density at radius 2 is 1.72 bits per heavy atom. The summed E-state index contributed by atoms with van der Waals surface area (Å²) in [4.78, 5) is 37.0. The van der Waals surface area contributed by atoms with Crippen LogP contribution in [0.3, 0.4) is 0 Å². The van der Waals surface area contributed by atoms with Gasteiger partial charge in [0.15, 0.2) is 0 Å². The van der Waals surface area contributed by atoms with Crippen molar-refractivity contribution in [3.8, 4) is 0 Å². The lowest BCUT2D eigenvalue weighted by Crippen LogP contribution is -2.55. The molecule has 0 spiro atoms. The predicted molar refractivity (Wildman–Crippen MR) is 80.8 cm³/mol. The first-order valence-electron chi connectivity index (χ1n) is 7.99. The van der Waals surface area contributed by atoms with E-state index in [0.29, 0.717) is 0 Å². The fourth-order valence-corrected chi connectivity index (χ4v) is 3.54. The number of carbonyl (C=O) groups is 3. The molecule has 1 saturated heterocycles. The molecule has 2 fully saturated rings. The van der Waals surface area contributed by atoms with Crippen LogP contribution in [0, 0.1) is 22.7 Å². The van der Waals surface area contributed by atoms with Crippen LogP contribution in [-0.4, -0.2) is 47.6 Å². The maximum absolute atomic E-state index is 12.7. The zero-order valence-corrected chi connectivity index (χ0v) is 14.8. The van der Waals surface area contributed by atoms with E-state index in [9.17, 15) is 27.6 Å². The van der Waals surface area contributed by atoms with Crippen molar-refractivity contribution in [3.05, 3.63) is 0 Å². The highest BCUT2D eigenvalue weighted by Gasteiger charge is 2.70. The number of carbonyl (C=O) groups excluding carboxylic acids is 3. The average molecular weight is 364 g/mol. The van der Waals surface area contributed by atoms with Gasteiger partial charge in [0.05, 0.1) is 6.04 Å². The van der Waals surface area contributed by atoms with Gasteiger partial charge < -0.3 is 15.4 Å². The van der Waals surface area contributed by atoms with Crippen molar-refractivity contribution in [2.45, 2.75) is 52.9 Å². The molecule has 142 valence electrons. The van der Waals surface area contributed by atoms with Crippen LogP contribution in [0.4, 0.5) is 13.2 Å². The zero-order valence-electron chi connectivity index (χ0n) is 14.8. The number of hydrogen-bond acceptors (Lipinski definition) is 5. The van der Waals surface area contributed by atoms with Crippen LogP contribution in [0.15, 0.2) is 0 Å². The van der Waals surface area contributed by atoms with E-state index in [0.717, 1.165) is 0 Å². The van der Waals surface area contributed by atoms with Gasteiger partial charge in [0, 0.05) is 12.5 Å². The number of esters is 2. The van der Waals surface area contributed by atoms with Gasteiger partial charge in [0.2, 0.25) is 5.91 Å². The monoisotopic (exact) mass is 364 g/mol. The van der Waals surface area contributed by atoms with E-state index in [4.69, 9.17) is 5.73 Å². The molecule has 25 heavy (non-hydrogen) atoms. The van der Waals surface area contributed by atoms with Crippen molar-refractivity contribution in [2.24, 2.45) is 28.4 Å². The quantitative estimate of drug-likeness (QED) is 0.592. The van der Waals surface area contributed by atoms with Gasteiger partial charge in [-0.05, 0) is 16.7 Å². The van der Waals surface area contributed by atoms with E-state index in [1.165, 1.54) is 4.90 Å². The number of amides is 1. The van der Waals surface area contributed by atoms with E-state index in [1.807, 2.05) is 13.8 Å². The highest BCUT2D eigenvalue weighted by Crippen LogP contribution is 2.65. The molecule has 4 atom stereocenters. The van der Waals surface area contributed by atoms with Gasteiger partial charge in [0.25, 0.3) is 0 Å². The Labute approximate surface area is 143 Å². The first-order valence-corrected chi connectivity index (χ1v) is 7.99. The summed E-state index contributed by atoms with van der Waals surface area (Å²) in [5.74, 6) is -4.85. The van der Waals surface area contributed by atoms with Gasteiger partial charge in [-0.3, -0.25) is 4.79 Å². The third-order valence-corrected chi connectivity index (χ3v) is 5.36. The topological polar surface area (TPSA) is 89.7 Å². The summed E-state index contributed by atoms with van der Waals surface area (Å²) < 4.78 is 41.1. The molecule has 0 aromatic heterocycles. The maximum atomic E-state index is 12.7. The first-order chi connectivity index (χ1) is 11.1. The van der Waals surface area contributed by atoms with E-state index >= 15 is 0 Å². The number of ether oxygens (including phenoxy) is 1. The lowest BCUT2D eigenvalue weighted by atomic mass is 9.86. The Morgan fingerprint density at radius 1 is 1.20 bits per heavy atom. The Balaban J connectivity index is 2.23. The van der Waals surface area contributed by atoms with Crippen molar-refractivity contribution < 1.29 is 32.3 Å². The molecule has 1 heterocycles. The molecule has 0 aromatic rings.